The molecule has 2 spiro atoms. The van der Waals surface area contributed by atoms with Crippen LogP contribution in [0.5, 0.6) is 11.5 Å². The molecule has 18 nitrogen and oxygen atoms in total. The number of nitrogens with zero attached hydrogens (tertiary/aromatic N) is 2. The van der Waals surface area contributed by atoms with Gasteiger partial charge in [-0.1, -0.05) is 26.0 Å². The Labute approximate surface area is 346 Å². The van der Waals surface area contributed by atoms with Gasteiger partial charge in [0, 0.05) is 43.1 Å². The second-order valence-electron chi connectivity index (χ2n) is 18.0. The van der Waals surface area contributed by atoms with Gasteiger partial charge < -0.3 is 28.0 Å². The van der Waals surface area contributed by atoms with Gasteiger partial charge in [0.15, 0.2) is 11.2 Å². The Balaban J connectivity index is 0.934. The van der Waals surface area contributed by atoms with Gasteiger partial charge in [0.2, 0.25) is 0 Å². The first-order valence-electron chi connectivity index (χ1n) is 20.1. The van der Waals surface area contributed by atoms with Crippen LogP contribution in [0, 0.1) is 58.2 Å². The molecule has 2 aromatic rings. The second-order valence-corrected chi connectivity index (χ2v) is 20.4. The molecule has 0 aromatic heterocycles. The molecule has 9 atom stereocenters. The van der Waals surface area contributed by atoms with E-state index in [0.29, 0.717) is 42.7 Å². The zero-order chi connectivity index (χ0) is 42.7. The van der Waals surface area contributed by atoms with Crippen LogP contribution >= 0.6 is 15.6 Å². The molecule has 60 heavy (non-hydrogen) atoms. The number of ether oxygens (including phenoxy) is 4. The van der Waals surface area contributed by atoms with Crippen LogP contribution in [0.1, 0.15) is 93.9 Å². The topological polar surface area (TPSA) is 255 Å². The van der Waals surface area contributed by atoms with Gasteiger partial charge in [-0.25, -0.2) is 18.9 Å². The molecular formula is C40H48N2O16P2. The highest BCUT2D eigenvalue weighted by Crippen LogP contribution is 2.71. The SMILES string of the molecule is COC1(c2ccc(C#N)c(OP(=O)(O)O)c2)OOC12C(C)CC1(OCOC34CC5CC(C3)C3(OOC3(OC)c3ccc(C#N)c(OP(=O)(O)O)c3)C(C5)C4)CC(C)CC2C1. The van der Waals surface area contributed by atoms with Gasteiger partial charge in [0.05, 0.1) is 22.3 Å². The minimum Gasteiger partial charge on any atom is -0.403 e. The van der Waals surface area contributed by atoms with Crippen molar-refractivity contribution in [2.24, 2.45) is 35.5 Å². The molecule has 324 valence electrons. The fourth-order valence-electron chi connectivity index (χ4n) is 13.0. The Morgan fingerprint density at radius 3 is 1.57 bits per heavy atom. The third kappa shape index (κ3) is 6.19. The minimum absolute atomic E-state index is 0.0525. The van der Waals surface area contributed by atoms with Crippen molar-refractivity contribution in [1.29, 1.82) is 10.5 Å². The molecule has 4 N–H and O–H groups in total. The van der Waals surface area contributed by atoms with Crippen molar-refractivity contribution < 1.29 is 76.2 Å². The smallest absolute Gasteiger partial charge is 0.403 e. The molecule has 0 radical (unpaired) electrons. The van der Waals surface area contributed by atoms with Crippen molar-refractivity contribution >= 4 is 15.6 Å². The van der Waals surface area contributed by atoms with Crippen LogP contribution in [0.4, 0.5) is 0 Å². The summed E-state index contributed by atoms with van der Waals surface area (Å²) in [5.74, 6) is -3.30. The molecule has 6 aliphatic carbocycles. The Morgan fingerprint density at radius 2 is 1.13 bits per heavy atom. The summed E-state index contributed by atoms with van der Waals surface area (Å²) in [6, 6.07) is 12.7. The predicted octanol–water partition coefficient (Wildman–Crippen LogP) is 5.86. The van der Waals surface area contributed by atoms with E-state index in [1.165, 1.54) is 38.5 Å². The summed E-state index contributed by atoms with van der Waals surface area (Å²) in [5.41, 5.74) is -2.26. The van der Waals surface area contributed by atoms with Crippen molar-refractivity contribution in [2.45, 2.75) is 106 Å². The third-order valence-corrected chi connectivity index (χ3v) is 15.6. The lowest BCUT2D eigenvalue weighted by Gasteiger charge is -2.70. The highest BCUT2D eigenvalue weighted by molar-refractivity contribution is 7.47. The van der Waals surface area contributed by atoms with Gasteiger partial charge in [-0.05, 0) is 99.8 Å². The van der Waals surface area contributed by atoms with Crippen LogP contribution in [0.15, 0.2) is 36.4 Å². The van der Waals surface area contributed by atoms with Crippen molar-refractivity contribution in [1.82, 2.24) is 0 Å². The molecule has 6 bridgehead atoms. The van der Waals surface area contributed by atoms with Crippen LogP contribution in [-0.2, 0) is 59.2 Å². The molecular weight excluding hydrogens is 826 g/mol. The van der Waals surface area contributed by atoms with Gasteiger partial charge >= 0.3 is 15.6 Å². The van der Waals surface area contributed by atoms with E-state index in [2.05, 4.69) is 13.8 Å². The van der Waals surface area contributed by atoms with Gasteiger partial charge in [0.1, 0.15) is 30.4 Å². The Kier molecular flexibility index (Phi) is 10.1. The van der Waals surface area contributed by atoms with Gasteiger partial charge in [-0.15, -0.1) is 0 Å². The summed E-state index contributed by atoms with van der Waals surface area (Å²) in [6.07, 6.45) is 6.62. The van der Waals surface area contributed by atoms with Gasteiger partial charge in [-0.3, -0.25) is 19.6 Å². The maximum absolute atomic E-state index is 11.8. The lowest BCUT2D eigenvalue weighted by molar-refractivity contribution is -0.647. The van der Waals surface area contributed by atoms with Crippen molar-refractivity contribution in [3.8, 4) is 23.6 Å². The molecule has 2 aliphatic heterocycles. The monoisotopic (exact) mass is 874 g/mol. The minimum atomic E-state index is -5.00. The summed E-state index contributed by atoms with van der Waals surface area (Å²) < 4.78 is 59.5. The second kappa shape index (κ2) is 14.3. The van der Waals surface area contributed by atoms with E-state index in [0.717, 1.165) is 32.1 Å². The van der Waals surface area contributed by atoms with Crippen molar-refractivity contribution in [3.05, 3.63) is 58.7 Å². The summed E-state index contributed by atoms with van der Waals surface area (Å²) >= 11 is 0. The van der Waals surface area contributed by atoms with E-state index in [-0.39, 0.29) is 59.0 Å². The first-order chi connectivity index (χ1) is 28.3. The van der Waals surface area contributed by atoms with E-state index in [1.54, 1.807) is 12.1 Å². The quantitative estimate of drug-likeness (QED) is 0.111. The highest BCUT2D eigenvalue weighted by atomic mass is 31.2. The molecule has 8 aliphatic rings. The molecule has 8 fully saturated rings. The fraction of sp³-hybridized carbons (Fsp3) is 0.650. The van der Waals surface area contributed by atoms with Crippen LogP contribution in [-0.4, -0.2) is 63.0 Å². The van der Waals surface area contributed by atoms with Gasteiger partial charge in [-0.2, -0.15) is 20.3 Å². The average Bonchev–Trinajstić information content (AvgIpc) is 3.13. The zero-order valence-corrected chi connectivity index (χ0v) is 35.3. The van der Waals surface area contributed by atoms with Crippen LogP contribution in [0.3, 0.4) is 0 Å². The van der Waals surface area contributed by atoms with Gasteiger partial charge in [0.25, 0.3) is 11.6 Å². The fourth-order valence-corrected chi connectivity index (χ4v) is 13.8. The zero-order valence-electron chi connectivity index (χ0n) is 33.5. The number of rotatable bonds is 12. The van der Waals surface area contributed by atoms with Crippen molar-refractivity contribution in [3.63, 3.8) is 0 Å². The first kappa shape index (κ1) is 42.3. The number of fused-ring (bicyclic) bond motifs is 3. The number of phosphoric acid groups is 2. The van der Waals surface area contributed by atoms with Crippen LogP contribution in [0.25, 0.3) is 0 Å². The lowest BCUT2D eigenvalue weighted by Crippen LogP contribution is -2.78. The summed E-state index contributed by atoms with van der Waals surface area (Å²) in [4.78, 5) is 62.3. The van der Waals surface area contributed by atoms with Crippen LogP contribution < -0.4 is 9.05 Å². The Morgan fingerprint density at radius 1 is 0.667 bits per heavy atom. The van der Waals surface area contributed by atoms with E-state index in [4.69, 9.17) is 47.5 Å². The number of nitriles is 2. The summed E-state index contributed by atoms with van der Waals surface area (Å²) in [7, 11) is -6.98. The van der Waals surface area contributed by atoms with E-state index in [9.17, 15) is 39.2 Å². The maximum atomic E-state index is 11.8. The molecule has 10 rings (SSSR count). The molecule has 2 heterocycles. The molecule has 2 aromatic carbocycles. The number of methoxy groups -OCH3 is 2. The molecule has 9 unspecified atom stereocenters. The molecule has 6 saturated carbocycles. The highest BCUT2D eigenvalue weighted by Gasteiger charge is 2.79. The molecule has 0 amide bonds. The van der Waals surface area contributed by atoms with E-state index < -0.39 is 49.6 Å². The number of phosphoric ester groups is 2. The maximum Gasteiger partial charge on any atom is 0.524 e. The van der Waals surface area contributed by atoms with E-state index >= 15 is 0 Å². The third-order valence-electron chi connectivity index (χ3n) is 14.7. The Hall–Kier alpha value is -3.00. The number of hydrogen-bond donors (Lipinski definition) is 4. The van der Waals surface area contributed by atoms with E-state index in [1.807, 2.05) is 12.1 Å². The van der Waals surface area contributed by atoms with Crippen LogP contribution in [0.2, 0.25) is 0 Å². The summed E-state index contributed by atoms with van der Waals surface area (Å²) in [6.45, 7) is 4.30. The predicted molar refractivity (Wildman–Crippen MR) is 201 cm³/mol. The standard InChI is InChI=1S/C40H48N2O16P2/c1-23-9-30-17-35(14-23,15-24(2)37(30)39(49-3,57-55-37)28-7-5-26(20-41)33(12-28)53-59(43,44)45)51-22-52-36-16-25-10-31(18-36)38(32(11-25)19-36)40(50-4,58-56-38)29-8-6-27(21-42)34(13-29)54-60(46,47)48/h5-8,12-13,23-25,30-32H,9-11,14-19,22H2,1-4H3,(H2,43,44,45)(H2,46,47,48). The Bertz CT molecular complexity index is 2230. The summed E-state index contributed by atoms with van der Waals surface area (Å²) in [5, 5.41) is 19.3. The normalized spacial score (nSPS) is 41.3. The molecule has 2 saturated heterocycles. The first-order valence-corrected chi connectivity index (χ1v) is 23.1. The molecule has 20 heteroatoms. The average molecular weight is 875 g/mol. The number of hydrogen-bond acceptors (Lipinski definition) is 14. The number of benzene rings is 2. The lowest BCUT2D eigenvalue weighted by atomic mass is 9.45. The van der Waals surface area contributed by atoms with Crippen molar-refractivity contribution in [2.75, 3.05) is 21.0 Å². The largest absolute Gasteiger partial charge is 0.524 e.